The first-order chi connectivity index (χ1) is 6.95. The third-order valence-corrected chi connectivity index (χ3v) is 4.11. The van der Waals surface area contributed by atoms with Crippen LogP contribution in [0.2, 0.25) is 0 Å². The molecule has 0 heterocycles. The predicted molar refractivity (Wildman–Crippen MR) is 61.4 cm³/mol. The van der Waals surface area contributed by atoms with Gasteiger partial charge in [0, 0.05) is 0 Å². The lowest BCUT2D eigenvalue weighted by Crippen LogP contribution is -2.27. The molecular formula is C13H25N. The molecule has 0 aliphatic heterocycles. The Morgan fingerprint density at radius 2 is 1.50 bits per heavy atom. The van der Waals surface area contributed by atoms with Crippen molar-refractivity contribution in [2.24, 2.45) is 11.8 Å². The summed E-state index contributed by atoms with van der Waals surface area (Å²) in [6, 6.07) is 0. The fourth-order valence-electron chi connectivity index (χ4n) is 2.79. The van der Waals surface area contributed by atoms with E-state index in [1.807, 2.05) is 0 Å². The molecule has 1 N–H and O–H groups in total. The second kappa shape index (κ2) is 5.75. The molecule has 2 rings (SSSR count). The van der Waals surface area contributed by atoms with Crippen LogP contribution in [0, 0.1) is 11.8 Å². The minimum atomic E-state index is 1.00. The molecule has 0 bridgehead atoms. The van der Waals surface area contributed by atoms with Gasteiger partial charge in [-0.15, -0.1) is 0 Å². The maximum Gasteiger partial charge on any atom is -0.00205 e. The lowest BCUT2D eigenvalue weighted by atomic mass is 9.83. The summed E-state index contributed by atoms with van der Waals surface area (Å²) in [5, 5.41) is 3.65. The minimum absolute atomic E-state index is 1.00. The van der Waals surface area contributed by atoms with Crippen LogP contribution in [0.4, 0.5) is 0 Å². The van der Waals surface area contributed by atoms with E-state index in [1.165, 1.54) is 70.9 Å². The van der Waals surface area contributed by atoms with Crippen molar-refractivity contribution in [1.82, 2.24) is 5.32 Å². The minimum Gasteiger partial charge on any atom is -0.316 e. The van der Waals surface area contributed by atoms with Gasteiger partial charge in [-0.3, -0.25) is 0 Å². The molecule has 0 unspecified atom stereocenters. The Hall–Kier alpha value is -0.0400. The van der Waals surface area contributed by atoms with Gasteiger partial charge in [-0.25, -0.2) is 0 Å². The molecule has 2 fully saturated rings. The van der Waals surface area contributed by atoms with Crippen molar-refractivity contribution in [3.8, 4) is 0 Å². The topological polar surface area (TPSA) is 12.0 Å². The Morgan fingerprint density at radius 3 is 2.14 bits per heavy atom. The molecule has 2 aliphatic rings. The first-order valence-corrected chi connectivity index (χ1v) is 6.66. The molecule has 2 saturated carbocycles. The highest BCUT2D eigenvalue weighted by molar-refractivity contribution is 4.72. The van der Waals surface area contributed by atoms with Crippen LogP contribution in [0.5, 0.6) is 0 Å². The van der Waals surface area contributed by atoms with Crippen LogP contribution in [-0.2, 0) is 0 Å². The summed E-state index contributed by atoms with van der Waals surface area (Å²) in [5.74, 6) is 2.08. The van der Waals surface area contributed by atoms with Gasteiger partial charge < -0.3 is 5.32 Å². The number of rotatable bonds is 5. The second-order valence-electron chi connectivity index (χ2n) is 5.29. The quantitative estimate of drug-likeness (QED) is 0.663. The smallest absolute Gasteiger partial charge is 0.00205 e. The maximum absolute atomic E-state index is 3.65. The molecule has 0 aromatic heterocycles. The lowest BCUT2D eigenvalue weighted by Gasteiger charge is -2.26. The van der Waals surface area contributed by atoms with Gasteiger partial charge in [-0.05, 0) is 44.2 Å². The van der Waals surface area contributed by atoms with Gasteiger partial charge in [-0.1, -0.05) is 38.5 Å². The van der Waals surface area contributed by atoms with Crippen molar-refractivity contribution in [1.29, 1.82) is 0 Å². The Labute approximate surface area is 88.7 Å². The Bertz CT molecular complexity index is 145. The van der Waals surface area contributed by atoms with Crippen LogP contribution >= 0.6 is 0 Å². The van der Waals surface area contributed by atoms with Crippen molar-refractivity contribution >= 4 is 0 Å². The van der Waals surface area contributed by atoms with Crippen LogP contribution in [0.3, 0.4) is 0 Å². The van der Waals surface area contributed by atoms with Crippen LogP contribution < -0.4 is 5.32 Å². The Morgan fingerprint density at radius 1 is 0.786 bits per heavy atom. The predicted octanol–water partition coefficient (Wildman–Crippen LogP) is 3.35. The zero-order chi connectivity index (χ0) is 9.64. The van der Waals surface area contributed by atoms with E-state index in [0.717, 1.165) is 11.8 Å². The third-order valence-electron chi connectivity index (χ3n) is 4.11. The summed E-state index contributed by atoms with van der Waals surface area (Å²) in [6.45, 7) is 2.58. The van der Waals surface area contributed by atoms with E-state index < -0.39 is 0 Å². The fraction of sp³-hybridized carbons (Fsp3) is 1.00. The molecule has 0 aromatic rings. The van der Waals surface area contributed by atoms with E-state index in [2.05, 4.69) is 5.32 Å². The molecule has 0 spiro atoms. The Kier molecular flexibility index (Phi) is 4.30. The molecule has 0 saturated heterocycles. The van der Waals surface area contributed by atoms with E-state index in [0.29, 0.717) is 0 Å². The number of hydrogen-bond acceptors (Lipinski definition) is 1. The van der Waals surface area contributed by atoms with Gasteiger partial charge in [-0.2, -0.15) is 0 Å². The molecule has 2 aliphatic carbocycles. The molecule has 1 heteroatoms. The lowest BCUT2D eigenvalue weighted by molar-refractivity contribution is 0.283. The molecule has 0 aromatic carbocycles. The van der Waals surface area contributed by atoms with Crippen molar-refractivity contribution in [3.63, 3.8) is 0 Å². The molecular weight excluding hydrogens is 170 g/mol. The van der Waals surface area contributed by atoms with Crippen LogP contribution in [0.25, 0.3) is 0 Å². The second-order valence-corrected chi connectivity index (χ2v) is 5.29. The number of nitrogens with one attached hydrogen (secondary N) is 1. The van der Waals surface area contributed by atoms with E-state index in [4.69, 9.17) is 0 Å². The van der Waals surface area contributed by atoms with Crippen LogP contribution in [-0.4, -0.2) is 13.1 Å². The van der Waals surface area contributed by atoms with Crippen LogP contribution in [0.15, 0.2) is 0 Å². The molecule has 0 atom stereocenters. The SMILES string of the molecule is C1CCC(CNCCC2CCC2)CC1. The number of hydrogen-bond donors (Lipinski definition) is 1. The van der Waals surface area contributed by atoms with E-state index >= 15 is 0 Å². The van der Waals surface area contributed by atoms with E-state index in [9.17, 15) is 0 Å². The summed E-state index contributed by atoms with van der Waals surface area (Å²) in [5.41, 5.74) is 0. The highest BCUT2D eigenvalue weighted by Crippen LogP contribution is 2.28. The average molecular weight is 195 g/mol. The van der Waals surface area contributed by atoms with Gasteiger partial charge in [0.2, 0.25) is 0 Å². The summed E-state index contributed by atoms with van der Waals surface area (Å²) in [6.07, 6.45) is 13.4. The van der Waals surface area contributed by atoms with Crippen LogP contribution in [0.1, 0.15) is 57.8 Å². The molecule has 82 valence electrons. The van der Waals surface area contributed by atoms with Gasteiger partial charge in [0.15, 0.2) is 0 Å². The summed E-state index contributed by atoms with van der Waals surface area (Å²) < 4.78 is 0. The summed E-state index contributed by atoms with van der Waals surface area (Å²) in [4.78, 5) is 0. The monoisotopic (exact) mass is 195 g/mol. The zero-order valence-electron chi connectivity index (χ0n) is 9.43. The van der Waals surface area contributed by atoms with E-state index in [-0.39, 0.29) is 0 Å². The van der Waals surface area contributed by atoms with Gasteiger partial charge in [0.05, 0.1) is 0 Å². The zero-order valence-corrected chi connectivity index (χ0v) is 9.43. The van der Waals surface area contributed by atoms with Crippen molar-refractivity contribution < 1.29 is 0 Å². The van der Waals surface area contributed by atoms with Gasteiger partial charge in [0.25, 0.3) is 0 Å². The van der Waals surface area contributed by atoms with Crippen molar-refractivity contribution in [3.05, 3.63) is 0 Å². The third kappa shape index (κ3) is 3.27. The van der Waals surface area contributed by atoms with Crippen molar-refractivity contribution in [2.45, 2.75) is 57.8 Å². The standard InChI is InChI=1S/C13H25N/c1-2-5-13(6-3-1)11-14-10-9-12-7-4-8-12/h12-14H,1-11H2. The highest BCUT2D eigenvalue weighted by atomic mass is 14.9. The summed E-state index contributed by atoms with van der Waals surface area (Å²) >= 11 is 0. The first kappa shape index (κ1) is 10.5. The highest BCUT2D eigenvalue weighted by Gasteiger charge is 2.17. The largest absolute Gasteiger partial charge is 0.316 e. The molecule has 0 amide bonds. The van der Waals surface area contributed by atoms with Gasteiger partial charge >= 0.3 is 0 Å². The van der Waals surface area contributed by atoms with Gasteiger partial charge in [0.1, 0.15) is 0 Å². The first-order valence-electron chi connectivity index (χ1n) is 6.66. The maximum atomic E-state index is 3.65. The Balaban J connectivity index is 1.45. The van der Waals surface area contributed by atoms with E-state index in [1.54, 1.807) is 0 Å². The summed E-state index contributed by atoms with van der Waals surface area (Å²) in [7, 11) is 0. The normalized spacial score (nSPS) is 24.9. The molecule has 14 heavy (non-hydrogen) atoms. The van der Waals surface area contributed by atoms with Crippen molar-refractivity contribution in [2.75, 3.05) is 13.1 Å². The molecule has 0 radical (unpaired) electrons. The average Bonchev–Trinajstić information content (AvgIpc) is 2.16. The fourth-order valence-corrected chi connectivity index (χ4v) is 2.79. The molecule has 1 nitrogen and oxygen atoms in total.